The lowest BCUT2D eigenvalue weighted by molar-refractivity contribution is -0.116. The third-order valence-electron chi connectivity index (χ3n) is 4.05. The molecule has 0 bridgehead atoms. The van der Waals surface area contributed by atoms with Crippen molar-refractivity contribution in [2.45, 2.75) is 6.54 Å². The van der Waals surface area contributed by atoms with Crippen LogP contribution in [0.25, 0.3) is 0 Å². The second-order valence-electron chi connectivity index (χ2n) is 5.98. The molecule has 1 aliphatic heterocycles. The number of halogens is 3. The van der Waals surface area contributed by atoms with Gasteiger partial charge in [0.15, 0.2) is 0 Å². The molecule has 2 aromatic rings. The third-order valence-corrected chi connectivity index (χ3v) is 6.52. The Bertz CT molecular complexity index is 954. The van der Waals surface area contributed by atoms with Crippen LogP contribution in [0.2, 0.25) is 10.0 Å². The van der Waals surface area contributed by atoms with E-state index in [4.69, 9.17) is 23.2 Å². The van der Waals surface area contributed by atoms with Crippen molar-refractivity contribution in [3.05, 3.63) is 63.9 Å². The molecule has 1 N–H and O–H groups in total. The Morgan fingerprint density at radius 2 is 1.74 bits per heavy atom. The molecule has 0 aliphatic carbocycles. The summed E-state index contributed by atoms with van der Waals surface area (Å²) in [7, 11) is -3.75. The minimum absolute atomic E-state index is 0.129. The number of hydrogen-bond acceptors (Lipinski definition) is 3. The van der Waals surface area contributed by atoms with Crippen LogP contribution in [0.3, 0.4) is 0 Å². The predicted octanol–water partition coefficient (Wildman–Crippen LogP) is 3.13. The summed E-state index contributed by atoms with van der Waals surface area (Å²) in [6.07, 6.45) is 0. The van der Waals surface area contributed by atoms with Gasteiger partial charge in [-0.25, -0.2) is 4.39 Å². The molecule has 1 aliphatic rings. The van der Waals surface area contributed by atoms with Crippen molar-refractivity contribution < 1.29 is 17.6 Å². The maximum Gasteiger partial charge on any atom is 0.282 e. The quantitative estimate of drug-likeness (QED) is 0.790. The monoisotopic (exact) mass is 431 g/mol. The largest absolute Gasteiger partial charge is 0.325 e. The smallest absolute Gasteiger partial charge is 0.282 e. The minimum Gasteiger partial charge on any atom is -0.325 e. The van der Waals surface area contributed by atoms with Gasteiger partial charge in [-0.05, 0) is 35.9 Å². The normalized spacial score (nSPS) is 17.1. The first-order valence-corrected chi connectivity index (χ1v) is 10.2. The maximum atomic E-state index is 13.2. The number of carbonyl (C=O) groups is 1. The van der Waals surface area contributed by atoms with Crippen LogP contribution in [0.1, 0.15) is 5.56 Å². The van der Waals surface area contributed by atoms with E-state index in [0.29, 0.717) is 10.7 Å². The van der Waals surface area contributed by atoms with E-state index in [1.807, 2.05) is 0 Å². The lowest BCUT2D eigenvalue weighted by Crippen LogP contribution is -2.37. The van der Waals surface area contributed by atoms with E-state index in [1.54, 1.807) is 24.3 Å². The first kappa shape index (κ1) is 20.0. The standard InChI is InChI=1S/C17H16Cl2FN3O3S/c18-13-3-1-12(2-4-13)10-22-7-8-23(27(22,25)26)11-17(24)21-14-5-6-16(20)15(19)9-14/h1-6,9H,7-8,10-11H2,(H,21,24). The SMILES string of the molecule is O=C(CN1CCN(Cc2ccc(Cl)cc2)S1(=O)=O)Nc1ccc(F)c(Cl)c1. The van der Waals surface area contributed by atoms with Gasteiger partial charge in [-0.1, -0.05) is 35.3 Å². The van der Waals surface area contributed by atoms with Gasteiger partial charge in [0.1, 0.15) is 5.82 Å². The predicted molar refractivity (Wildman–Crippen MR) is 102 cm³/mol. The zero-order valence-corrected chi connectivity index (χ0v) is 16.4. The highest BCUT2D eigenvalue weighted by Gasteiger charge is 2.37. The Morgan fingerprint density at radius 3 is 2.41 bits per heavy atom. The number of anilines is 1. The summed E-state index contributed by atoms with van der Waals surface area (Å²) in [5.74, 6) is -1.13. The first-order chi connectivity index (χ1) is 12.8. The Labute approximate surface area is 166 Å². The highest BCUT2D eigenvalue weighted by atomic mass is 35.5. The van der Waals surface area contributed by atoms with E-state index in [2.05, 4.69) is 5.32 Å². The lowest BCUT2D eigenvalue weighted by atomic mass is 10.2. The zero-order valence-electron chi connectivity index (χ0n) is 14.0. The van der Waals surface area contributed by atoms with Crippen LogP contribution in [-0.2, 0) is 21.5 Å². The van der Waals surface area contributed by atoms with Gasteiger partial charge in [-0.3, -0.25) is 4.79 Å². The number of amides is 1. The van der Waals surface area contributed by atoms with Gasteiger partial charge >= 0.3 is 0 Å². The van der Waals surface area contributed by atoms with Crippen molar-refractivity contribution in [1.29, 1.82) is 0 Å². The van der Waals surface area contributed by atoms with E-state index in [0.717, 1.165) is 15.9 Å². The topological polar surface area (TPSA) is 69.7 Å². The Kier molecular flexibility index (Phi) is 6.02. The number of rotatable bonds is 5. The second-order valence-corrected chi connectivity index (χ2v) is 8.75. The fourth-order valence-corrected chi connectivity index (χ4v) is 4.52. The van der Waals surface area contributed by atoms with Crippen molar-refractivity contribution >= 4 is 45.0 Å². The summed E-state index contributed by atoms with van der Waals surface area (Å²) in [5, 5.41) is 2.96. The third kappa shape index (κ3) is 4.77. The van der Waals surface area contributed by atoms with Gasteiger partial charge in [0.05, 0.1) is 11.6 Å². The molecule has 2 aromatic carbocycles. The molecule has 0 atom stereocenters. The molecule has 3 rings (SSSR count). The van der Waals surface area contributed by atoms with Gasteiger partial charge in [0.25, 0.3) is 10.2 Å². The fraction of sp³-hybridized carbons (Fsp3) is 0.235. The summed E-state index contributed by atoms with van der Waals surface area (Å²) in [6, 6.07) is 10.6. The second kappa shape index (κ2) is 8.12. The van der Waals surface area contributed by atoms with Crippen LogP contribution < -0.4 is 5.32 Å². The summed E-state index contributed by atoms with van der Waals surface area (Å²) in [6.45, 7) is 0.341. The maximum absolute atomic E-state index is 13.2. The molecular formula is C17H16Cl2FN3O3S. The first-order valence-electron chi connectivity index (χ1n) is 8.00. The molecule has 0 unspecified atom stereocenters. The van der Waals surface area contributed by atoms with Crippen LogP contribution >= 0.6 is 23.2 Å². The van der Waals surface area contributed by atoms with Crippen LogP contribution in [0, 0.1) is 5.82 Å². The van der Waals surface area contributed by atoms with Crippen LogP contribution in [-0.4, -0.2) is 42.6 Å². The van der Waals surface area contributed by atoms with E-state index < -0.39 is 21.9 Å². The Morgan fingerprint density at radius 1 is 1.07 bits per heavy atom. The number of nitrogens with zero attached hydrogens (tertiary/aromatic N) is 2. The minimum atomic E-state index is -3.75. The van der Waals surface area contributed by atoms with Crippen molar-refractivity contribution in [2.75, 3.05) is 25.0 Å². The summed E-state index contributed by atoms with van der Waals surface area (Å²) >= 11 is 11.5. The molecule has 1 saturated heterocycles. The molecule has 27 heavy (non-hydrogen) atoms. The van der Waals surface area contributed by atoms with E-state index in [-0.39, 0.29) is 31.2 Å². The van der Waals surface area contributed by atoms with Crippen LogP contribution in [0.15, 0.2) is 42.5 Å². The summed E-state index contributed by atoms with van der Waals surface area (Å²) in [4.78, 5) is 12.2. The van der Waals surface area contributed by atoms with E-state index in [1.165, 1.54) is 16.4 Å². The van der Waals surface area contributed by atoms with Gasteiger partial charge < -0.3 is 5.32 Å². The Hall–Kier alpha value is -1.71. The van der Waals surface area contributed by atoms with Crippen molar-refractivity contribution in [3.8, 4) is 0 Å². The lowest BCUT2D eigenvalue weighted by Gasteiger charge is -2.18. The molecule has 1 heterocycles. The van der Waals surface area contributed by atoms with E-state index >= 15 is 0 Å². The van der Waals surface area contributed by atoms with Gasteiger partial charge in [0, 0.05) is 30.3 Å². The fourth-order valence-electron chi connectivity index (χ4n) is 2.67. The molecule has 0 spiro atoms. The number of hydrogen-bond donors (Lipinski definition) is 1. The highest BCUT2D eigenvalue weighted by molar-refractivity contribution is 7.87. The molecule has 0 saturated carbocycles. The molecule has 10 heteroatoms. The summed E-state index contributed by atoms with van der Waals surface area (Å²) in [5.41, 5.74) is 1.09. The zero-order chi connectivity index (χ0) is 19.6. The number of nitrogens with one attached hydrogen (secondary N) is 1. The molecule has 0 aromatic heterocycles. The highest BCUT2D eigenvalue weighted by Crippen LogP contribution is 2.22. The van der Waals surface area contributed by atoms with Gasteiger partial charge in [-0.2, -0.15) is 17.0 Å². The average Bonchev–Trinajstić information content (AvgIpc) is 2.87. The number of benzene rings is 2. The van der Waals surface area contributed by atoms with Gasteiger partial charge in [0.2, 0.25) is 5.91 Å². The van der Waals surface area contributed by atoms with Crippen molar-refractivity contribution in [2.24, 2.45) is 0 Å². The van der Waals surface area contributed by atoms with Gasteiger partial charge in [-0.15, -0.1) is 0 Å². The molecule has 1 fully saturated rings. The molecular weight excluding hydrogens is 416 g/mol. The number of carbonyl (C=O) groups excluding carboxylic acids is 1. The van der Waals surface area contributed by atoms with Crippen molar-refractivity contribution in [1.82, 2.24) is 8.61 Å². The molecule has 0 radical (unpaired) electrons. The molecule has 1 amide bonds. The summed E-state index contributed by atoms with van der Waals surface area (Å²) < 4.78 is 40.8. The van der Waals surface area contributed by atoms with Crippen molar-refractivity contribution in [3.63, 3.8) is 0 Å². The average molecular weight is 432 g/mol. The van der Waals surface area contributed by atoms with Crippen LogP contribution in [0.5, 0.6) is 0 Å². The van der Waals surface area contributed by atoms with E-state index in [9.17, 15) is 17.6 Å². The molecule has 144 valence electrons. The molecule has 6 nitrogen and oxygen atoms in total. The van der Waals surface area contributed by atoms with Crippen LogP contribution in [0.4, 0.5) is 10.1 Å². The Balaban J connectivity index is 1.62.